The van der Waals surface area contributed by atoms with Crippen molar-refractivity contribution in [2.24, 2.45) is 11.7 Å². The van der Waals surface area contributed by atoms with Crippen molar-refractivity contribution in [2.45, 2.75) is 38.6 Å². The summed E-state index contributed by atoms with van der Waals surface area (Å²) in [6, 6.07) is 8.85. The Morgan fingerprint density at radius 1 is 1.33 bits per heavy atom. The van der Waals surface area contributed by atoms with Crippen molar-refractivity contribution in [3.05, 3.63) is 35.4 Å². The molecule has 3 N–H and O–H groups in total. The molecule has 2 atom stereocenters. The average molecular weight is 246 g/mol. The summed E-state index contributed by atoms with van der Waals surface area (Å²) in [6.45, 7) is 3.14. The lowest BCUT2D eigenvalue weighted by Crippen LogP contribution is -2.48. The summed E-state index contributed by atoms with van der Waals surface area (Å²) in [5.74, 6) is -0.193. The Bertz CT molecular complexity index is 399. The number of aryl methyl sites for hydroxylation is 1. The smallest absolute Gasteiger partial charge is 0.222 e. The van der Waals surface area contributed by atoms with E-state index < -0.39 is 0 Å². The Labute approximate surface area is 109 Å². The highest BCUT2D eigenvalue weighted by molar-refractivity contribution is 5.77. The fourth-order valence-electron chi connectivity index (χ4n) is 2.67. The molecule has 0 radical (unpaired) electrons. The second kappa shape index (κ2) is 6.01. The van der Waals surface area contributed by atoms with E-state index in [2.05, 4.69) is 36.5 Å². The zero-order valence-electron chi connectivity index (χ0n) is 11.0. The van der Waals surface area contributed by atoms with Crippen molar-refractivity contribution < 1.29 is 4.79 Å². The van der Waals surface area contributed by atoms with Gasteiger partial charge in [-0.05, 0) is 43.4 Å². The molecule has 0 spiro atoms. The molecular formula is C15H22N2O. The molecule has 0 saturated carbocycles. The van der Waals surface area contributed by atoms with Crippen molar-refractivity contribution in [2.75, 3.05) is 6.54 Å². The molecule has 3 nitrogen and oxygen atoms in total. The third kappa shape index (κ3) is 3.10. The molecule has 1 aliphatic rings. The fourth-order valence-corrected chi connectivity index (χ4v) is 2.67. The first kappa shape index (κ1) is 13.1. The van der Waals surface area contributed by atoms with Crippen LogP contribution in [0.2, 0.25) is 0 Å². The van der Waals surface area contributed by atoms with E-state index in [4.69, 9.17) is 5.73 Å². The quantitative estimate of drug-likeness (QED) is 0.848. The zero-order chi connectivity index (χ0) is 13.0. The number of rotatable bonds is 4. The number of nitrogens with one attached hydrogen (secondary N) is 1. The van der Waals surface area contributed by atoms with Gasteiger partial charge in [0.2, 0.25) is 5.91 Å². The van der Waals surface area contributed by atoms with Gasteiger partial charge in [0, 0.05) is 6.04 Å². The largest absolute Gasteiger partial charge is 0.369 e. The second-order valence-corrected chi connectivity index (χ2v) is 5.09. The number of amides is 1. The maximum atomic E-state index is 11.4. The van der Waals surface area contributed by atoms with Gasteiger partial charge in [-0.2, -0.15) is 0 Å². The average Bonchev–Trinajstić information content (AvgIpc) is 2.40. The topological polar surface area (TPSA) is 55.1 Å². The maximum absolute atomic E-state index is 11.4. The number of hydrogen-bond acceptors (Lipinski definition) is 2. The number of carbonyl (C=O) groups excluding carboxylic acids is 1. The van der Waals surface area contributed by atoms with Crippen LogP contribution < -0.4 is 11.1 Å². The lowest BCUT2D eigenvalue weighted by Gasteiger charge is -2.30. The van der Waals surface area contributed by atoms with Crippen molar-refractivity contribution >= 4 is 5.91 Å². The molecule has 0 aromatic heterocycles. The van der Waals surface area contributed by atoms with Gasteiger partial charge < -0.3 is 11.1 Å². The van der Waals surface area contributed by atoms with Gasteiger partial charge in [0.1, 0.15) is 0 Å². The Hall–Kier alpha value is -1.35. The highest BCUT2D eigenvalue weighted by atomic mass is 16.1. The molecule has 1 aromatic rings. The van der Waals surface area contributed by atoms with Gasteiger partial charge >= 0.3 is 0 Å². The number of primary amides is 1. The molecule has 3 heteroatoms. The third-order valence-corrected chi connectivity index (χ3v) is 3.84. The summed E-state index contributed by atoms with van der Waals surface area (Å²) in [5, 5.41) is 3.43. The van der Waals surface area contributed by atoms with Gasteiger partial charge in [0.15, 0.2) is 0 Å². The van der Waals surface area contributed by atoms with Crippen LogP contribution in [0.15, 0.2) is 24.3 Å². The van der Waals surface area contributed by atoms with Gasteiger partial charge in [0.25, 0.3) is 0 Å². The summed E-state index contributed by atoms with van der Waals surface area (Å²) in [6.07, 6.45) is 3.91. The SMILES string of the molecule is CCc1ccc(CC2NCCCC2C(N)=O)cc1. The van der Waals surface area contributed by atoms with Gasteiger partial charge in [-0.1, -0.05) is 31.2 Å². The van der Waals surface area contributed by atoms with Crippen LogP contribution >= 0.6 is 0 Å². The van der Waals surface area contributed by atoms with Crippen LogP contribution in [-0.2, 0) is 17.6 Å². The normalized spacial score (nSPS) is 23.8. The van der Waals surface area contributed by atoms with E-state index in [1.54, 1.807) is 0 Å². The number of piperidine rings is 1. The minimum Gasteiger partial charge on any atom is -0.369 e. The summed E-state index contributed by atoms with van der Waals surface area (Å²) >= 11 is 0. The van der Waals surface area contributed by atoms with Gasteiger partial charge in [-0.15, -0.1) is 0 Å². The Balaban J connectivity index is 2.03. The monoisotopic (exact) mass is 246 g/mol. The van der Waals surface area contributed by atoms with Gasteiger partial charge in [-0.25, -0.2) is 0 Å². The van der Waals surface area contributed by atoms with E-state index in [0.29, 0.717) is 0 Å². The lowest BCUT2D eigenvalue weighted by atomic mass is 9.86. The second-order valence-electron chi connectivity index (χ2n) is 5.09. The number of benzene rings is 1. The van der Waals surface area contributed by atoms with Crippen LogP contribution in [0.1, 0.15) is 30.9 Å². The molecular weight excluding hydrogens is 224 g/mol. The molecule has 1 fully saturated rings. The number of nitrogens with two attached hydrogens (primary N) is 1. The standard InChI is InChI=1S/C15H22N2O/c1-2-11-5-7-12(8-6-11)10-14-13(15(16)18)4-3-9-17-14/h5-8,13-14,17H,2-4,9-10H2,1H3,(H2,16,18). The van der Waals surface area contributed by atoms with E-state index in [1.165, 1.54) is 11.1 Å². The first-order valence-corrected chi connectivity index (χ1v) is 6.81. The van der Waals surface area contributed by atoms with E-state index in [-0.39, 0.29) is 17.9 Å². The molecule has 0 aliphatic carbocycles. The first-order valence-electron chi connectivity index (χ1n) is 6.81. The molecule has 1 saturated heterocycles. The Morgan fingerprint density at radius 3 is 2.61 bits per heavy atom. The van der Waals surface area contributed by atoms with Crippen molar-refractivity contribution in [1.82, 2.24) is 5.32 Å². The highest BCUT2D eigenvalue weighted by Gasteiger charge is 2.28. The number of hydrogen-bond donors (Lipinski definition) is 2. The van der Waals surface area contributed by atoms with Gasteiger partial charge in [0.05, 0.1) is 5.92 Å². The fraction of sp³-hybridized carbons (Fsp3) is 0.533. The predicted molar refractivity (Wildman–Crippen MR) is 73.2 cm³/mol. The van der Waals surface area contributed by atoms with E-state index in [0.717, 1.165) is 32.2 Å². The maximum Gasteiger partial charge on any atom is 0.222 e. The Morgan fingerprint density at radius 2 is 2.00 bits per heavy atom. The highest BCUT2D eigenvalue weighted by Crippen LogP contribution is 2.20. The summed E-state index contributed by atoms with van der Waals surface area (Å²) in [4.78, 5) is 11.4. The minimum atomic E-state index is -0.169. The van der Waals surface area contributed by atoms with Crippen molar-refractivity contribution in [1.29, 1.82) is 0 Å². The minimum absolute atomic E-state index is 0.0235. The van der Waals surface area contributed by atoms with Crippen LogP contribution in [0, 0.1) is 5.92 Å². The predicted octanol–water partition coefficient (Wildman–Crippen LogP) is 1.64. The Kier molecular flexibility index (Phi) is 4.37. The summed E-state index contributed by atoms with van der Waals surface area (Å²) < 4.78 is 0. The third-order valence-electron chi connectivity index (χ3n) is 3.84. The van der Waals surface area contributed by atoms with E-state index >= 15 is 0 Å². The summed E-state index contributed by atoms with van der Waals surface area (Å²) in [7, 11) is 0. The first-order chi connectivity index (χ1) is 8.70. The molecule has 98 valence electrons. The van der Waals surface area contributed by atoms with Crippen molar-refractivity contribution in [3.8, 4) is 0 Å². The number of carbonyl (C=O) groups is 1. The van der Waals surface area contributed by atoms with Crippen LogP contribution in [-0.4, -0.2) is 18.5 Å². The summed E-state index contributed by atoms with van der Waals surface area (Å²) in [5.41, 5.74) is 8.10. The van der Waals surface area contributed by atoms with Crippen LogP contribution in [0.4, 0.5) is 0 Å². The molecule has 1 heterocycles. The van der Waals surface area contributed by atoms with E-state index in [9.17, 15) is 4.79 Å². The van der Waals surface area contributed by atoms with Crippen LogP contribution in [0.25, 0.3) is 0 Å². The zero-order valence-corrected chi connectivity index (χ0v) is 11.0. The molecule has 1 aromatic carbocycles. The molecule has 2 unspecified atom stereocenters. The van der Waals surface area contributed by atoms with E-state index in [1.807, 2.05) is 0 Å². The van der Waals surface area contributed by atoms with Crippen molar-refractivity contribution in [3.63, 3.8) is 0 Å². The van der Waals surface area contributed by atoms with Gasteiger partial charge in [-0.3, -0.25) is 4.79 Å². The molecule has 0 bridgehead atoms. The molecule has 1 aliphatic heterocycles. The molecule has 1 amide bonds. The van der Waals surface area contributed by atoms with Crippen LogP contribution in [0.5, 0.6) is 0 Å². The molecule has 2 rings (SSSR count). The lowest BCUT2D eigenvalue weighted by molar-refractivity contribution is -0.123. The molecule has 18 heavy (non-hydrogen) atoms. The van der Waals surface area contributed by atoms with Crippen LogP contribution in [0.3, 0.4) is 0 Å².